The Labute approximate surface area is 308 Å². The zero-order valence-corrected chi connectivity index (χ0v) is 33.0. The maximum absolute atomic E-state index is 13.2. The Morgan fingerprint density at radius 2 is 0.981 bits per heavy atom. The van der Waals surface area contributed by atoms with Gasteiger partial charge < -0.3 is 48.7 Å². The maximum Gasteiger partial charge on any atom is 0.243 e. The van der Waals surface area contributed by atoms with E-state index in [1.54, 1.807) is 48.5 Å². The minimum absolute atomic E-state index is 0.0174. The summed E-state index contributed by atoms with van der Waals surface area (Å²) in [4.78, 5) is 102. The van der Waals surface area contributed by atoms with Gasteiger partial charge in [-0.1, -0.05) is 75.7 Å². The van der Waals surface area contributed by atoms with E-state index in [2.05, 4.69) is 37.2 Å². The molecule has 0 saturated carbocycles. The Morgan fingerprint density at radius 1 is 0.519 bits per heavy atom. The van der Waals surface area contributed by atoms with Crippen molar-refractivity contribution in [1.29, 1.82) is 0 Å². The van der Waals surface area contributed by atoms with Gasteiger partial charge in [0.15, 0.2) is 0 Å². The predicted molar refractivity (Wildman–Crippen MR) is 197 cm³/mol. The Kier molecular flexibility index (Phi) is 20.7. The molecule has 0 fully saturated rings. The molecular weight excluding hydrogens is 674 g/mol. The van der Waals surface area contributed by atoms with Crippen molar-refractivity contribution in [3.05, 3.63) is 0 Å². The molecule has 0 saturated heterocycles. The lowest BCUT2D eigenvalue weighted by molar-refractivity contribution is -0.135. The number of amides is 8. The second kappa shape index (κ2) is 22.6. The van der Waals surface area contributed by atoms with Crippen LogP contribution in [0.3, 0.4) is 0 Å². The Hall–Kier alpha value is -4.28. The molecular formula is C35H65N9O8. The molecule has 8 amide bonds. The third-order valence-electron chi connectivity index (χ3n) is 8.62. The Balaban J connectivity index is 5.36. The molecule has 0 unspecified atom stereocenters. The van der Waals surface area contributed by atoms with Crippen molar-refractivity contribution in [2.24, 2.45) is 41.1 Å². The van der Waals surface area contributed by atoms with Gasteiger partial charge in [0.05, 0.1) is 12.6 Å². The van der Waals surface area contributed by atoms with Gasteiger partial charge in [-0.2, -0.15) is 0 Å². The summed E-state index contributed by atoms with van der Waals surface area (Å²) in [6, 6.07) is -6.97. The molecule has 0 heterocycles. The van der Waals surface area contributed by atoms with Crippen LogP contribution in [0.2, 0.25) is 0 Å². The number of carbonyl (C=O) groups is 8. The summed E-state index contributed by atoms with van der Waals surface area (Å²) in [5.41, 5.74) is 11.4. The van der Waals surface area contributed by atoms with Crippen LogP contribution >= 0.6 is 0 Å². The topological polar surface area (TPSA) is 273 Å². The van der Waals surface area contributed by atoms with Gasteiger partial charge in [-0.3, -0.25) is 38.4 Å². The number of carbonyl (C=O) groups excluding carboxylic acids is 8. The highest BCUT2D eigenvalue weighted by atomic mass is 16.2. The highest BCUT2D eigenvalue weighted by Crippen LogP contribution is 2.11. The van der Waals surface area contributed by atoms with Crippen molar-refractivity contribution in [2.75, 3.05) is 6.54 Å². The number of rotatable bonds is 22. The average molecular weight is 740 g/mol. The first-order chi connectivity index (χ1) is 23.9. The average Bonchev–Trinajstić information content (AvgIpc) is 3.04. The first-order valence-corrected chi connectivity index (χ1v) is 18.1. The fourth-order valence-corrected chi connectivity index (χ4v) is 4.89. The van der Waals surface area contributed by atoms with E-state index in [1.807, 2.05) is 20.8 Å². The number of hydrogen-bond acceptors (Lipinski definition) is 9. The third-order valence-corrected chi connectivity index (χ3v) is 8.62. The van der Waals surface area contributed by atoms with E-state index in [0.717, 1.165) is 0 Å². The lowest BCUT2D eigenvalue weighted by atomic mass is 9.96. The molecule has 17 nitrogen and oxygen atoms in total. The fourth-order valence-electron chi connectivity index (χ4n) is 4.89. The smallest absolute Gasteiger partial charge is 0.243 e. The molecule has 52 heavy (non-hydrogen) atoms. The third kappa shape index (κ3) is 16.4. The molecule has 0 bridgehead atoms. The van der Waals surface area contributed by atoms with Crippen LogP contribution in [0.5, 0.6) is 0 Å². The molecule has 17 heteroatoms. The van der Waals surface area contributed by atoms with Crippen molar-refractivity contribution in [3.8, 4) is 0 Å². The molecule has 8 atom stereocenters. The minimum atomic E-state index is -1.12. The van der Waals surface area contributed by atoms with Gasteiger partial charge >= 0.3 is 0 Å². The molecule has 0 aliphatic carbocycles. The van der Waals surface area contributed by atoms with Gasteiger partial charge in [-0.15, -0.1) is 0 Å². The normalized spacial score (nSPS) is 16.0. The molecule has 0 radical (unpaired) electrons. The largest absolute Gasteiger partial charge is 0.368 e. The number of nitrogens with one attached hydrogen (secondary N) is 7. The van der Waals surface area contributed by atoms with Gasteiger partial charge in [0.25, 0.3) is 0 Å². The summed E-state index contributed by atoms with van der Waals surface area (Å²) in [6.07, 6.45) is 0.766. The molecule has 0 aliphatic rings. The number of hydrogen-bond donors (Lipinski definition) is 9. The first-order valence-electron chi connectivity index (χ1n) is 18.1. The van der Waals surface area contributed by atoms with Crippen LogP contribution < -0.4 is 48.7 Å². The van der Waals surface area contributed by atoms with Crippen molar-refractivity contribution in [3.63, 3.8) is 0 Å². The summed E-state index contributed by atoms with van der Waals surface area (Å²) in [5.74, 6) is -6.16. The summed E-state index contributed by atoms with van der Waals surface area (Å²) in [7, 11) is 0. The molecule has 0 aromatic heterocycles. The van der Waals surface area contributed by atoms with Crippen LogP contribution in [0.4, 0.5) is 0 Å². The van der Waals surface area contributed by atoms with Crippen LogP contribution in [0, 0.1) is 29.6 Å². The Bertz CT molecular complexity index is 1260. The Morgan fingerprint density at radius 3 is 1.44 bits per heavy atom. The van der Waals surface area contributed by atoms with Crippen molar-refractivity contribution in [2.45, 2.75) is 138 Å². The van der Waals surface area contributed by atoms with Crippen LogP contribution in [-0.2, 0) is 38.4 Å². The molecule has 0 rings (SSSR count). The van der Waals surface area contributed by atoms with E-state index < -0.39 is 96.1 Å². The van der Waals surface area contributed by atoms with Gasteiger partial charge in [0.1, 0.15) is 36.3 Å². The van der Waals surface area contributed by atoms with Crippen molar-refractivity contribution >= 4 is 47.3 Å². The zero-order valence-electron chi connectivity index (χ0n) is 33.0. The summed E-state index contributed by atoms with van der Waals surface area (Å²) in [5, 5.41) is 18.0. The monoisotopic (exact) mass is 739 g/mol. The maximum atomic E-state index is 13.2. The molecule has 0 spiro atoms. The zero-order chi connectivity index (χ0) is 40.6. The SMILES string of the molecule is CC[C@H](C)[C@H](NC(=O)[C@H](C)NC(=O)[C@H](C)NC(=O)CNC(=O)[C@H](CC(C)C)NC(=O)[C@@H](NC(=O)[C@@H](N)C(C)C)C(C)C)C(=O)N[C@H](C(N)=O)C(C)C. The van der Waals surface area contributed by atoms with Crippen molar-refractivity contribution < 1.29 is 38.4 Å². The predicted octanol–water partition coefficient (Wildman–Crippen LogP) is -1.08. The van der Waals surface area contributed by atoms with E-state index >= 15 is 0 Å². The van der Waals surface area contributed by atoms with Crippen LogP contribution in [0.1, 0.15) is 95.9 Å². The van der Waals surface area contributed by atoms with Gasteiger partial charge in [-0.25, -0.2) is 0 Å². The molecule has 0 aromatic carbocycles. The highest BCUT2D eigenvalue weighted by molar-refractivity contribution is 5.96. The quantitative estimate of drug-likeness (QED) is 0.0653. The van der Waals surface area contributed by atoms with E-state index in [0.29, 0.717) is 6.42 Å². The summed E-state index contributed by atoms with van der Waals surface area (Å²) >= 11 is 0. The summed E-state index contributed by atoms with van der Waals surface area (Å²) < 4.78 is 0. The van der Waals surface area contributed by atoms with Crippen LogP contribution in [0.25, 0.3) is 0 Å². The fraction of sp³-hybridized carbons (Fsp3) is 0.771. The van der Waals surface area contributed by atoms with E-state index in [1.165, 1.54) is 13.8 Å². The first kappa shape index (κ1) is 47.7. The van der Waals surface area contributed by atoms with Gasteiger partial charge in [0.2, 0.25) is 47.3 Å². The van der Waals surface area contributed by atoms with Gasteiger partial charge in [-0.05, 0) is 49.9 Å². The van der Waals surface area contributed by atoms with Gasteiger partial charge in [0, 0.05) is 0 Å². The molecule has 0 aromatic rings. The van der Waals surface area contributed by atoms with Crippen molar-refractivity contribution in [1.82, 2.24) is 37.2 Å². The van der Waals surface area contributed by atoms with Crippen LogP contribution in [-0.4, -0.2) is 96.1 Å². The lowest BCUT2D eigenvalue weighted by Gasteiger charge is -2.28. The lowest BCUT2D eigenvalue weighted by Crippen LogP contribution is -2.59. The van der Waals surface area contributed by atoms with E-state index in [9.17, 15) is 38.4 Å². The molecule has 298 valence electrons. The second-order valence-electron chi connectivity index (χ2n) is 14.9. The number of primary amides is 1. The summed E-state index contributed by atoms with van der Waals surface area (Å²) in [6.45, 7) is 20.1. The standard InChI is InChI=1S/C35H65N9O8/c1-13-20(10)28(35(52)42-26(18(6)7)29(37)46)44-31(48)22(12)40-30(47)21(11)39-24(45)15-38-32(49)23(14-16(2)3)41-34(51)27(19(8)9)43-33(50)25(36)17(4)5/h16-23,25-28H,13-15,36H2,1-12H3,(H2,37,46)(H,38,49)(H,39,45)(H,40,47)(H,41,51)(H,42,52)(H,43,50)(H,44,48)/t20-,21-,22-,23-,25-,26-,27-,28-/m0/s1. The van der Waals surface area contributed by atoms with E-state index in [4.69, 9.17) is 11.5 Å². The molecule has 0 aliphatic heterocycles. The minimum Gasteiger partial charge on any atom is -0.368 e. The second-order valence-corrected chi connectivity index (χ2v) is 14.9. The number of nitrogens with two attached hydrogens (primary N) is 2. The van der Waals surface area contributed by atoms with Crippen LogP contribution in [0.15, 0.2) is 0 Å². The highest BCUT2D eigenvalue weighted by Gasteiger charge is 2.33. The van der Waals surface area contributed by atoms with E-state index in [-0.39, 0.29) is 36.0 Å². The molecule has 11 N–H and O–H groups in total.